The van der Waals surface area contributed by atoms with Crippen LogP contribution in [0.2, 0.25) is 0 Å². The van der Waals surface area contributed by atoms with Crippen molar-refractivity contribution in [2.45, 2.75) is 19.4 Å². The van der Waals surface area contributed by atoms with Crippen molar-refractivity contribution >= 4 is 21.6 Å². The molecule has 1 heterocycles. The van der Waals surface area contributed by atoms with Gasteiger partial charge in [0, 0.05) is 24.3 Å². The maximum absolute atomic E-state index is 12.6. The van der Waals surface area contributed by atoms with Crippen molar-refractivity contribution in [2.24, 2.45) is 0 Å². The van der Waals surface area contributed by atoms with Crippen LogP contribution in [-0.2, 0) is 9.84 Å². The molecule has 1 N–H and O–H groups in total. The molecule has 2 amide bonds. The van der Waals surface area contributed by atoms with Crippen LogP contribution < -0.4 is 14.8 Å². The molecule has 0 bridgehead atoms. The van der Waals surface area contributed by atoms with Gasteiger partial charge >= 0.3 is 6.03 Å². The summed E-state index contributed by atoms with van der Waals surface area (Å²) in [7, 11) is -1.54. The first-order chi connectivity index (χ1) is 11.9. The van der Waals surface area contributed by atoms with Gasteiger partial charge in [0.25, 0.3) is 0 Å². The number of anilines is 1. The molecule has 1 aromatic rings. The highest BCUT2D eigenvalue weighted by molar-refractivity contribution is 7.91. The third kappa shape index (κ3) is 4.88. The van der Waals surface area contributed by atoms with Gasteiger partial charge in [-0.15, -0.1) is 6.58 Å². The predicted octanol–water partition coefficient (Wildman–Crippen LogP) is 2.30. The average molecular weight is 368 g/mol. The average Bonchev–Trinajstić information content (AvgIpc) is 2.92. The van der Waals surface area contributed by atoms with Gasteiger partial charge in [-0.3, -0.25) is 0 Å². The molecule has 138 valence electrons. The molecular weight excluding hydrogens is 344 g/mol. The summed E-state index contributed by atoms with van der Waals surface area (Å²) in [4.78, 5) is 14.1. The Balaban J connectivity index is 2.15. The lowest BCUT2D eigenvalue weighted by Crippen LogP contribution is -2.43. The fourth-order valence-electron chi connectivity index (χ4n) is 2.78. The van der Waals surface area contributed by atoms with Gasteiger partial charge in [0.1, 0.15) is 0 Å². The fourth-order valence-corrected chi connectivity index (χ4v) is 4.51. The Labute approximate surface area is 148 Å². The largest absolute Gasteiger partial charge is 0.493 e. The second-order valence-corrected chi connectivity index (χ2v) is 7.96. The van der Waals surface area contributed by atoms with Crippen molar-refractivity contribution < 1.29 is 22.7 Å². The number of sulfone groups is 1. The number of carbonyl (C=O) groups is 1. The normalized spacial score (nSPS) is 18.4. The van der Waals surface area contributed by atoms with Crippen LogP contribution in [-0.4, -0.2) is 57.2 Å². The van der Waals surface area contributed by atoms with Crippen molar-refractivity contribution in [1.29, 1.82) is 0 Å². The Morgan fingerprint density at radius 2 is 2.20 bits per heavy atom. The summed E-state index contributed by atoms with van der Waals surface area (Å²) in [6.45, 7) is 6.26. The number of benzene rings is 1. The predicted molar refractivity (Wildman–Crippen MR) is 97.1 cm³/mol. The number of carbonyl (C=O) groups excluding carboxylic acids is 1. The summed E-state index contributed by atoms with van der Waals surface area (Å²) in [5, 5.41) is 2.79. The highest BCUT2D eigenvalue weighted by atomic mass is 32.2. The van der Waals surface area contributed by atoms with Crippen LogP contribution in [0.4, 0.5) is 10.5 Å². The number of nitrogens with zero attached hydrogens (tertiary/aromatic N) is 1. The molecule has 2 rings (SSSR count). The minimum absolute atomic E-state index is 0.0128. The van der Waals surface area contributed by atoms with E-state index in [0.717, 1.165) is 0 Å². The van der Waals surface area contributed by atoms with Crippen LogP contribution in [0.3, 0.4) is 0 Å². The molecule has 0 spiro atoms. The molecule has 0 radical (unpaired) electrons. The van der Waals surface area contributed by atoms with Gasteiger partial charge in [-0.25, -0.2) is 13.2 Å². The highest BCUT2D eigenvalue weighted by Crippen LogP contribution is 2.30. The Kier molecular flexibility index (Phi) is 6.30. The van der Waals surface area contributed by atoms with Gasteiger partial charge in [-0.1, -0.05) is 6.08 Å². The summed E-state index contributed by atoms with van der Waals surface area (Å²) in [6.07, 6.45) is 2.03. The molecule has 1 fully saturated rings. The lowest BCUT2D eigenvalue weighted by atomic mass is 10.2. The van der Waals surface area contributed by atoms with Gasteiger partial charge in [-0.05, 0) is 25.5 Å². The van der Waals surface area contributed by atoms with Crippen LogP contribution in [0.15, 0.2) is 30.9 Å². The van der Waals surface area contributed by atoms with E-state index in [-0.39, 0.29) is 30.1 Å². The van der Waals surface area contributed by atoms with Crippen molar-refractivity contribution in [3.63, 3.8) is 0 Å². The quantitative estimate of drug-likeness (QED) is 0.747. The third-order valence-electron chi connectivity index (χ3n) is 3.95. The number of rotatable bonds is 7. The molecule has 0 aromatic heterocycles. The zero-order valence-electron chi connectivity index (χ0n) is 14.5. The highest BCUT2D eigenvalue weighted by Gasteiger charge is 2.34. The van der Waals surface area contributed by atoms with Crippen molar-refractivity contribution in [2.75, 3.05) is 37.1 Å². The number of nitrogens with one attached hydrogen (secondary N) is 1. The van der Waals surface area contributed by atoms with Gasteiger partial charge in [0.2, 0.25) is 0 Å². The lowest BCUT2D eigenvalue weighted by Gasteiger charge is -2.27. The van der Waals surface area contributed by atoms with E-state index < -0.39 is 9.84 Å². The van der Waals surface area contributed by atoms with Crippen LogP contribution in [0.25, 0.3) is 0 Å². The second-order valence-electron chi connectivity index (χ2n) is 5.73. The zero-order chi connectivity index (χ0) is 18.4. The van der Waals surface area contributed by atoms with E-state index >= 15 is 0 Å². The van der Waals surface area contributed by atoms with E-state index in [2.05, 4.69) is 11.9 Å². The number of ether oxygens (including phenoxy) is 2. The molecule has 0 unspecified atom stereocenters. The van der Waals surface area contributed by atoms with Crippen LogP contribution >= 0.6 is 0 Å². The Hall–Kier alpha value is -2.22. The molecule has 1 atom stereocenters. The Morgan fingerprint density at radius 3 is 2.76 bits per heavy atom. The fraction of sp³-hybridized carbons (Fsp3) is 0.471. The van der Waals surface area contributed by atoms with Crippen molar-refractivity contribution in [1.82, 2.24) is 4.90 Å². The standard InChI is InChI=1S/C17H24N2O5S/c1-4-9-19(14-8-10-25(21,22)12-14)17(20)18-13-6-7-15(23-3)16(11-13)24-5-2/h4,6-7,11,14H,1,5,8-10,12H2,2-3H3,(H,18,20)/t14-/m1/s1. The summed E-state index contributed by atoms with van der Waals surface area (Å²) in [6, 6.07) is 4.38. The maximum Gasteiger partial charge on any atom is 0.322 e. The first kappa shape index (κ1) is 19.1. The smallest absolute Gasteiger partial charge is 0.322 e. The maximum atomic E-state index is 12.6. The number of amides is 2. The van der Waals surface area contributed by atoms with E-state index in [4.69, 9.17) is 9.47 Å². The van der Waals surface area contributed by atoms with Crippen LogP contribution in [0.5, 0.6) is 11.5 Å². The summed E-state index contributed by atoms with van der Waals surface area (Å²) in [5.41, 5.74) is 0.546. The van der Waals surface area contributed by atoms with Crippen molar-refractivity contribution in [3.05, 3.63) is 30.9 Å². The first-order valence-electron chi connectivity index (χ1n) is 8.10. The third-order valence-corrected chi connectivity index (χ3v) is 5.70. The summed E-state index contributed by atoms with van der Waals surface area (Å²) in [5.74, 6) is 1.20. The minimum Gasteiger partial charge on any atom is -0.493 e. The Bertz CT molecular complexity index is 733. The van der Waals surface area contributed by atoms with E-state index in [0.29, 0.717) is 30.2 Å². The van der Waals surface area contributed by atoms with E-state index in [9.17, 15) is 13.2 Å². The van der Waals surface area contributed by atoms with Crippen molar-refractivity contribution in [3.8, 4) is 11.5 Å². The van der Waals surface area contributed by atoms with Gasteiger partial charge in [-0.2, -0.15) is 0 Å². The van der Waals surface area contributed by atoms with Crippen LogP contribution in [0.1, 0.15) is 13.3 Å². The molecular formula is C17H24N2O5S. The lowest BCUT2D eigenvalue weighted by molar-refractivity contribution is 0.201. The number of hydrogen-bond donors (Lipinski definition) is 1. The molecule has 8 heteroatoms. The van der Waals surface area contributed by atoms with Gasteiger partial charge < -0.3 is 19.7 Å². The zero-order valence-corrected chi connectivity index (χ0v) is 15.3. The summed E-state index contributed by atoms with van der Waals surface area (Å²) < 4.78 is 34.1. The summed E-state index contributed by atoms with van der Waals surface area (Å²) >= 11 is 0. The van der Waals surface area contributed by atoms with E-state index in [1.54, 1.807) is 31.4 Å². The molecule has 1 aliphatic rings. The first-order valence-corrected chi connectivity index (χ1v) is 9.92. The minimum atomic E-state index is -3.08. The molecule has 25 heavy (non-hydrogen) atoms. The topological polar surface area (TPSA) is 84.9 Å². The van der Waals surface area contributed by atoms with E-state index in [1.807, 2.05) is 6.92 Å². The SMILES string of the molecule is C=CCN(C(=O)Nc1ccc(OC)c(OCC)c1)[C@@H]1CCS(=O)(=O)C1. The Morgan fingerprint density at radius 1 is 1.44 bits per heavy atom. The number of hydrogen-bond acceptors (Lipinski definition) is 5. The second kappa shape index (κ2) is 8.24. The molecule has 1 saturated heterocycles. The van der Waals surface area contributed by atoms with Crippen LogP contribution in [0, 0.1) is 0 Å². The number of methoxy groups -OCH3 is 1. The molecule has 1 aliphatic heterocycles. The molecule has 0 aliphatic carbocycles. The molecule has 0 saturated carbocycles. The number of urea groups is 1. The van der Waals surface area contributed by atoms with Gasteiger partial charge in [0.05, 0.1) is 25.2 Å². The monoisotopic (exact) mass is 368 g/mol. The molecule has 7 nitrogen and oxygen atoms in total. The van der Waals surface area contributed by atoms with Gasteiger partial charge in [0.15, 0.2) is 21.3 Å². The van der Waals surface area contributed by atoms with E-state index in [1.165, 1.54) is 4.90 Å². The molecule has 1 aromatic carbocycles.